The van der Waals surface area contributed by atoms with E-state index >= 15 is 0 Å². The van der Waals surface area contributed by atoms with Crippen LogP contribution >= 0.6 is 0 Å². The molecule has 2 heterocycles. The van der Waals surface area contributed by atoms with Gasteiger partial charge in [0.2, 0.25) is 23.6 Å². The Labute approximate surface area is 282 Å². The number of rotatable bonds is 7. The van der Waals surface area contributed by atoms with Crippen molar-refractivity contribution in [2.45, 2.75) is 57.8 Å². The second kappa shape index (κ2) is 17.6. The van der Waals surface area contributed by atoms with E-state index in [0.717, 1.165) is 18.7 Å². The Bertz CT molecular complexity index is 1420. The zero-order valence-corrected chi connectivity index (χ0v) is 28.2. The Morgan fingerprint density at radius 1 is 0.938 bits per heavy atom. The number of nitrogens with zero attached hydrogens (tertiary/aromatic N) is 2. The van der Waals surface area contributed by atoms with Crippen molar-refractivity contribution in [3.63, 3.8) is 0 Å². The topological polar surface area (TPSA) is 158 Å². The molecule has 4 atom stereocenters. The predicted octanol–water partition coefficient (Wildman–Crippen LogP) is 0.731. The minimum Gasteiger partial charge on any atom is -0.491 e. The highest BCUT2D eigenvalue weighted by atomic mass is 16.5. The molecular formula is C35H48N6O7. The van der Waals surface area contributed by atoms with Crippen molar-refractivity contribution in [3.05, 3.63) is 65.7 Å². The molecule has 4 rings (SSSR count). The molecule has 2 aromatic rings. The fourth-order valence-electron chi connectivity index (χ4n) is 5.62. The summed E-state index contributed by atoms with van der Waals surface area (Å²) < 4.78 is 11.4. The van der Waals surface area contributed by atoms with Crippen LogP contribution in [-0.4, -0.2) is 117 Å². The zero-order valence-electron chi connectivity index (χ0n) is 28.2. The van der Waals surface area contributed by atoms with E-state index in [2.05, 4.69) is 26.2 Å². The Kier molecular flexibility index (Phi) is 13.3. The maximum absolute atomic E-state index is 13.9. The van der Waals surface area contributed by atoms with Crippen LogP contribution in [-0.2, 0) is 30.3 Å². The summed E-state index contributed by atoms with van der Waals surface area (Å²) >= 11 is 0. The van der Waals surface area contributed by atoms with Gasteiger partial charge in [-0.05, 0) is 30.5 Å². The number of hydrogen-bond donors (Lipinski definition) is 4. The Morgan fingerprint density at radius 3 is 2.33 bits per heavy atom. The Hall–Kier alpha value is -4.49. The Balaban J connectivity index is 1.65. The van der Waals surface area contributed by atoms with E-state index in [1.807, 2.05) is 44.2 Å². The highest BCUT2D eigenvalue weighted by Crippen LogP contribution is 2.19. The van der Waals surface area contributed by atoms with Gasteiger partial charge >= 0.3 is 0 Å². The van der Waals surface area contributed by atoms with E-state index in [9.17, 15) is 24.0 Å². The monoisotopic (exact) mass is 664 g/mol. The highest BCUT2D eigenvalue weighted by molar-refractivity contribution is 6.01. The molecule has 5 amide bonds. The van der Waals surface area contributed by atoms with Gasteiger partial charge in [-0.15, -0.1) is 0 Å². The van der Waals surface area contributed by atoms with E-state index in [4.69, 9.17) is 9.47 Å². The molecule has 0 bridgehead atoms. The van der Waals surface area contributed by atoms with Crippen LogP contribution < -0.4 is 26.0 Å². The van der Waals surface area contributed by atoms with Gasteiger partial charge in [0, 0.05) is 39.6 Å². The number of benzene rings is 2. The smallest absolute Gasteiger partial charge is 0.255 e. The van der Waals surface area contributed by atoms with Gasteiger partial charge in [0.15, 0.2) is 0 Å². The number of carbonyl (C=O) groups is 5. The number of fused-ring (bicyclic) bond motifs is 1. The van der Waals surface area contributed by atoms with Crippen LogP contribution in [0.15, 0.2) is 54.6 Å². The van der Waals surface area contributed by atoms with Crippen molar-refractivity contribution in [1.29, 1.82) is 0 Å². The third-order valence-electron chi connectivity index (χ3n) is 8.52. The van der Waals surface area contributed by atoms with Crippen LogP contribution in [0, 0.1) is 5.92 Å². The molecule has 260 valence electrons. The van der Waals surface area contributed by atoms with Crippen LogP contribution in [0.2, 0.25) is 0 Å². The minimum absolute atomic E-state index is 0.0398. The summed E-state index contributed by atoms with van der Waals surface area (Å²) in [7, 11) is 1.49. The largest absolute Gasteiger partial charge is 0.491 e. The van der Waals surface area contributed by atoms with Gasteiger partial charge in [-0.1, -0.05) is 56.3 Å². The molecular weight excluding hydrogens is 616 g/mol. The van der Waals surface area contributed by atoms with Crippen LogP contribution in [0.25, 0.3) is 0 Å². The molecule has 0 aromatic heterocycles. The number of para-hydroxylation sites is 1. The van der Waals surface area contributed by atoms with Crippen molar-refractivity contribution in [3.8, 4) is 5.75 Å². The summed E-state index contributed by atoms with van der Waals surface area (Å²) in [6.07, 6.45) is -0.236. The van der Waals surface area contributed by atoms with Gasteiger partial charge < -0.3 is 35.6 Å². The van der Waals surface area contributed by atoms with Gasteiger partial charge in [0.1, 0.15) is 30.5 Å². The first-order chi connectivity index (χ1) is 23.0. The second-order valence-corrected chi connectivity index (χ2v) is 12.6. The van der Waals surface area contributed by atoms with Crippen LogP contribution in [0.1, 0.15) is 43.1 Å². The standard InChI is InChI=1S/C35H48N6O7/c1-23(2)31-35(46)37-24(3)22-48-29-13-9-8-12-26(29)32(43)38-27(33(44)36-14-15-41-16-18-47-19-17-41)21-30(42)40(4)28(34(45)39-31)20-25-10-6-5-7-11-25/h5-13,23-24,27-28,31H,14-22H2,1-4H3,(H,36,44)(H,37,46)(H,38,43)(H,39,45)/t24-,27-,28-,31+/m0/s1. The lowest BCUT2D eigenvalue weighted by molar-refractivity contribution is -0.141. The lowest BCUT2D eigenvalue weighted by Gasteiger charge is -2.31. The summed E-state index contributed by atoms with van der Waals surface area (Å²) in [6, 6.07) is 12.2. The lowest BCUT2D eigenvalue weighted by Crippen LogP contribution is -2.58. The summed E-state index contributed by atoms with van der Waals surface area (Å²) in [5, 5.41) is 11.4. The van der Waals surface area contributed by atoms with Gasteiger partial charge in [-0.2, -0.15) is 0 Å². The van der Waals surface area contributed by atoms with Gasteiger partial charge in [0.05, 0.1) is 31.2 Å². The predicted molar refractivity (Wildman–Crippen MR) is 179 cm³/mol. The fourth-order valence-corrected chi connectivity index (χ4v) is 5.62. The third-order valence-corrected chi connectivity index (χ3v) is 8.52. The first-order valence-electron chi connectivity index (χ1n) is 16.5. The first-order valence-corrected chi connectivity index (χ1v) is 16.5. The molecule has 0 saturated carbocycles. The maximum atomic E-state index is 13.9. The van der Waals surface area contributed by atoms with Crippen LogP contribution in [0.4, 0.5) is 0 Å². The molecule has 4 N–H and O–H groups in total. The van der Waals surface area contributed by atoms with Gasteiger partial charge in [-0.3, -0.25) is 28.9 Å². The zero-order chi connectivity index (χ0) is 34.6. The van der Waals surface area contributed by atoms with Crippen LogP contribution in [0.3, 0.4) is 0 Å². The molecule has 0 aliphatic carbocycles. The second-order valence-electron chi connectivity index (χ2n) is 12.6. The molecule has 2 aliphatic rings. The number of nitrogens with one attached hydrogen (secondary N) is 4. The minimum atomic E-state index is -1.24. The average molecular weight is 665 g/mol. The maximum Gasteiger partial charge on any atom is 0.255 e. The molecule has 13 nitrogen and oxygen atoms in total. The third kappa shape index (κ3) is 10.3. The lowest BCUT2D eigenvalue weighted by atomic mass is 9.99. The van der Waals surface area contributed by atoms with Crippen molar-refractivity contribution in [2.75, 3.05) is 53.0 Å². The molecule has 1 saturated heterocycles. The average Bonchev–Trinajstić information content (AvgIpc) is 3.08. The number of morpholine rings is 1. The van der Waals surface area contributed by atoms with Crippen molar-refractivity contribution in [2.24, 2.45) is 5.92 Å². The van der Waals surface area contributed by atoms with Gasteiger partial charge in [-0.25, -0.2) is 0 Å². The normalized spacial score (nSPS) is 23.6. The van der Waals surface area contributed by atoms with Crippen molar-refractivity contribution in [1.82, 2.24) is 31.1 Å². The SMILES string of the molecule is CC(C)[C@H]1NC(=O)[C@H](Cc2ccccc2)N(C)C(=O)C[C@@H](C(=O)NCCN2CCOCC2)NC(=O)c2ccccc2OC[C@H](C)NC1=O. The molecule has 2 aromatic carbocycles. The number of amides is 5. The number of ether oxygens (including phenoxy) is 2. The molecule has 0 radical (unpaired) electrons. The van der Waals surface area contributed by atoms with E-state index in [-0.39, 0.29) is 30.3 Å². The first kappa shape index (κ1) is 36.3. The van der Waals surface area contributed by atoms with E-state index in [1.54, 1.807) is 31.2 Å². The van der Waals surface area contributed by atoms with E-state index < -0.39 is 60.1 Å². The van der Waals surface area contributed by atoms with E-state index in [0.29, 0.717) is 26.3 Å². The molecule has 0 unspecified atom stereocenters. The molecule has 2 aliphatic heterocycles. The summed E-state index contributed by atoms with van der Waals surface area (Å²) in [4.78, 5) is 71.9. The quantitative estimate of drug-likeness (QED) is 0.338. The Morgan fingerprint density at radius 2 is 1.62 bits per heavy atom. The summed E-state index contributed by atoms with van der Waals surface area (Å²) in [5.74, 6) is -2.59. The van der Waals surface area contributed by atoms with Crippen molar-refractivity contribution < 1.29 is 33.4 Å². The molecule has 0 spiro atoms. The van der Waals surface area contributed by atoms with Gasteiger partial charge in [0.25, 0.3) is 5.91 Å². The van der Waals surface area contributed by atoms with Crippen molar-refractivity contribution >= 4 is 29.5 Å². The molecule has 1 fully saturated rings. The number of hydrogen-bond acceptors (Lipinski definition) is 8. The van der Waals surface area contributed by atoms with Crippen LogP contribution in [0.5, 0.6) is 5.75 Å². The summed E-state index contributed by atoms with van der Waals surface area (Å²) in [5.41, 5.74) is 0.980. The highest BCUT2D eigenvalue weighted by Gasteiger charge is 2.35. The number of carbonyl (C=O) groups excluding carboxylic acids is 5. The fraction of sp³-hybridized carbons (Fsp3) is 0.514. The number of likely N-dealkylation sites (N-methyl/N-ethyl adjacent to an activating group) is 1. The molecule has 13 heteroatoms. The molecule has 48 heavy (non-hydrogen) atoms. The van der Waals surface area contributed by atoms with E-state index in [1.165, 1.54) is 11.9 Å². The summed E-state index contributed by atoms with van der Waals surface area (Å²) in [6.45, 7) is 9.08.